The number of nitrogens with zero attached hydrogens (tertiary/aromatic N) is 1. The smallest absolute Gasteiger partial charge is 0.319 e. The first-order chi connectivity index (χ1) is 10.1. The first kappa shape index (κ1) is 12.4. The van der Waals surface area contributed by atoms with Crippen LogP contribution in [0.2, 0.25) is 0 Å². The van der Waals surface area contributed by atoms with Crippen LogP contribution >= 0.6 is 0 Å². The molecule has 0 radical (unpaired) electrons. The molecule has 21 heavy (non-hydrogen) atoms. The Labute approximate surface area is 120 Å². The third-order valence-electron chi connectivity index (χ3n) is 4.18. The van der Waals surface area contributed by atoms with Crippen molar-refractivity contribution in [3.05, 3.63) is 24.1 Å². The van der Waals surface area contributed by atoms with Crippen LogP contribution in [-0.2, 0) is 9.59 Å². The first-order valence-electron chi connectivity index (χ1n) is 7.04. The minimum atomic E-state index is -1.24. The van der Waals surface area contributed by atoms with Gasteiger partial charge < -0.3 is 14.8 Å². The minimum absolute atomic E-state index is 0.395. The van der Waals surface area contributed by atoms with Crippen LogP contribution < -0.4 is 5.32 Å². The Hall–Kier alpha value is -2.37. The number of carboxylic acids is 1. The zero-order valence-electron chi connectivity index (χ0n) is 11.3. The number of benzene rings is 1. The Morgan fingerprint density at radius 3 is 2.71 bits per heavy atom. The molecule has 2 aromatic rings. The van der Waals surface area contributed by atoms with Gasteiger partial charge >= 0.3 is 5.97 Å². The number of carbonyl (C=O) groups is 2. The van der Waals surface area contributed by atoms with E-state index in [1.165, 1.54) is 0 Å². The number of amides is 1. The van der Waals surface area contributed by atoms with E-state index in [1.54, 1.807) is 18.2 Å². The number of rotatable bonds is 4. The summed E-state index contributed by atoms with van der Waals surface area (Å²) in [4.78, 5) is 27.6. The van der Waals surface area contributed by atoms with Crippen molar-refractivity contribution in [3.8, 4) is 0 Å². The molecule has 2 fully saturated rings. The van der Waals surface area contributed by atoms with Gasteiger partial charge in [0.25, 0.3) is 0 Å². The van der Waals surface area contributed by atoms with Crippen LogP contribution in [-0.4, -0.2) is 22.0 Å². The molecule has 2 aliphatic rings. The lowest BCUT2D eigenvalue weighted by atomic mass is 10.1. The van der Waals surface area contributed by atoms with Gasteiger partial charge in [0.1, 0.15) is 10.9 Å². The Morgan fingerprint density at radius 1 is 1.33 bits per heavy atom. The number of carboxylic acid groups (broad SMARTS) is 1. The number of aromatic nitrogens is 1. The molecule has 0 unspecified atom stereocenters. The maximum Gasteiger partial charge on any atom is 0.319 e. The summed E-state index contributed by atoms with van der Waals surface area (Å²) in [6, 6.07) is 5.19. The molecule has 2 aliphatic carbocycles. The Bertz CT molecular complexity index is 756. The third kappa shape index (κ3) is 1.98. The quantitative estimate of drug-likeness (QED) is 0.842. The molecule has 0 saturated heterocycles. The number of hydrogen-bond acceptors (Lipinski definition) is 4. The maximum absolute atomic E-state index is 12.1. The molecule has 6 heteroatoms. The summed E-state index contributed by atoms with van der Waals surface area (Å²) in [7, 11) is 0. The van der Waals surface area contributed by atoms with E-state index in [4.69, 9.17) is 9.52 Å². The van der Waals surface area contributed by atoms with E-state index in [0.29, 0.717) is 35.5 Å². The van der Waals surface area contributed by atoms with Crippen LogP contribution in [0, 0.1) is 5.41 Å². The van der Waals surface area contributed by atoms with Crippen LogP contribution in [0.5, 0.6) is 0 Å². The number of carbonyl (C=O) groups excluding carboxylic acids is 1. The average molecular weight is 286 g/mol. The van der Waals surface area contributed by atoms with Gasteiger partial charge in [-0.3, -0.25) is 9.59 Å². The van der Waals surface area contributed by atoms with Crippen molar-refractivity contribution >= 4 is 28.7 Å². The van der Waals surface area contributed by atoms with Gasteiger partial charge in [-0.25, -0.2) is 4.98 Å². The lowest BCUT2D eigenvalue weighted by Gasteiger charge is -2.10. The number of hydrogen-bond donors (Lipinski definition) is 2. The summed E-state index contributed by atoms with van der Waals surface area (Å²) in [6.45, 7) is 0. The molecule has 1 heterocycles. The van der Waals surface area contributed by atoms with Gasteiger partial charge in [0, 0.05) is 11.6 Å². The summed E-state index contributed by atoms with van der Waals surface area (Å²) < 4.78 is 5.65. The second-order valence-corrected chi connectivity index (χ2v) is 5.85. The van der Waals surface area contributed by atoms with E-state index in [0.717, 1.165) is 18.7 Å². The van der Waals surface area contributed by atoms with Gasteiger partial charge in [-0.1, -0.05) is 0 Å². The van der Waals surface area contributed by atoms with Crippen molar-refractivity contribution < 1.29 is 19.1 Å². The lowest BCUT2D eigenvalue weighted by molar-refractivity contribution is -0.147. The molecule has 1 amide bonds. The fourth-order valence-electron chi connectivity index (χ4n) is 2.44. The zero-order chi connectivity index (χ0) is 14.6. The predicted octanol–water partition coefficient (Wildman–Crippen LogP) is 2.51. The van der Waals surface area contributed by atoms with Gasteiger partial charge in [0.05, 0.1) is 0 Å². The monoisotopic (exact) mass is 286 g/mol. The molecule has 1 aromatic carbocycles. The van der Waals surface area contributed by atoms with E-state index in [9.17, 15) is 9.59 Å². The van der Waals surface area contributed by atoms with Crippen molar-refractivity contribution in [2.45, 2.75) is 31.6 Å². The van der Waals surface area contributed by atoms with Crippen molar-refractivity contribution in [1.29, 1.82) is 0 Å². The Balaban J connectivity index is 1.59. The molecule has 0 atom stereocenters. The van der Waals surface area contributed by atoms with Gasteiger partial charge in [-0.05, 0) is 43.9 Å². The lowest BCUT2D eigenvalue weighted by Crippen LogP contribution is -2.31. The fraction of sp³-hybridized carbons (Fsp3) is 0.400. The van der Waals surface area contributed by atoms with E-state index in [1.807, 2.05) is 0 Å². The van der Waals surface area contributed by atoms with Gasteiger partial charge in [0.15, 0.2) is 11.5 Å². The second-order valence-electron chi connectivity index (χ2n) is 5.85. The Morgan fingerprint density at radius 2 is 2.10 bits per heavy atom. The normalized spacial score (nSPS) is 19.4. The summed E-state index contributed by atoms with van der Waals surface area (Å²) in [5, 5.41) is 11.8. The molecule has 2 saturated carbocycles. The summed E-state index contributed by atoms with van der Waals surface area (Å²) in [5.41, 5.74) is 0.692. The molecular weight excluding hydrogens is 272 g/mol. The Kier molecular flexibility index (Phi) is 2.40. The van der Waals surface area contributed by atoms with Crippen LogP contribution in [0.25, 0.3) is 11.1 Å². The second kappa shape index (κ2) is 4.07. The summed E-state index contributed by atoms with van der Waals surface area (Å²) in [6.07, 6.45) is 3.01. The molecular formula is C15H14N2O4. The first-order valence-corrected chi connectivity index (χ1v) is 7.04. The third-order valence-corrected chi connectivity index (χ3v) is 4.18. The van der Waals surface area contributed by atoms with Crippen molar-refractivity contribution in [3.63, 3.8) is 0 Å². The molecule has 1 aromatic heterocycles. The van der Waals surface area contributed by atoms with Crippen LogP contribution in [0.1, 0.15) is 37.5 Å². The highest BCUT2D eigenvalue weighted by molar-refractivity contribution is 6.11. The summed E-state index contributed by atoms with van der Waals surface area (Å²) in [5.74, 6) is -0.339. The van der Waals surface area contributed by atoms with E-state index >= 15 is 0 Å². The number of nitrogens with one attached hydrogen (secondary N) is 1. The number of anilines is 1. The highest BCUT2D eigenvalue weighted by Gasteiger charge is 2.57. The number of aliphatic carboxylic acids is 1. The van der Waals surface area contributed by atoms with Crippen molar-refractivity contribution in [2.75, 3.05) is 5.32 Å². The zero-order valence-corrected chi connectivity index (χ0v) is 11.3. The van der Waals surface area contributed by atoms with Gasteiger partial charge in [-0.15, -0.1) is 0 Å². The average Bonchev–Trinajstić information content (AvgIpc) is 3.33. The molecule has 6 nitrogen and oxygen atoms in total. The van der Waals surface area contributed by atoms with Gasteiger partial charge in [-0.2, -0.15) is 0 Å². The standard InChI is InChI=1S/C15H14N2O4/c18-13(15(5-6-15)14(19)20)16-9-3-4-11-10(7-9)17-12(21-11)8-1-2-8/h3-4,7-8H,1-2,5-6H2,(H,16,18)(H,19,20). The van der Waals surface area contributed by atoms with Crippen LogP contribution in [0.15, 0.2) is 22.6 Å². The SMILES string of the molecule is O=C(O)C1(C(=O)Nc2ccc3oc(C4CC4)nc3c2)CC1. The number of fused-ring (bicyclic) bond motifs is 1. The van der Waals surface area contributed by atoms with E-state index in [-0.39, 0.29) is 0 Å². The summed E-state index contributed by atoms with van der Waals surface area (Å²) >= 11 is 0. The highest BCUT2D eigenvalue weighted by Crippen LogP contribution is 2.47. The predicted molar refractivity (Wildman–Crippen MR) is 73.9 cm³/mol. The molecule has 108 valence electrons. The fourth-order valence-corrected chi connectivity index (χ4v) is 2.44. The van der Waals surface area contributed by atoms with E-state index < -0.39 is 17.3 Å². The van der Waals surface area contributed by atoms with Crippen molar-refractivity contribution in [2.24, 2.45) is 5.41 Å². The molecule has 0 aliphatic heterocycles. The molecule has 0 spiro atoms. The molecule has 2 N–H and O–H groups in total. The largest absolute Gasteiger partial charge is 0.480 e. The topological polar surface area (TPSA) is 92.4 Å². The van der Waals surface area contributed by atoms with Crippen molar-refractivity contribution in [1.82, 2.24) is 4.98 Å². The minimum Gasteiger partial charge on any atom is -0.480 e. The highest BCUT2D eigenvalue weighted by atomic mass is 16.4. The van der Waals surface area contributed by atoms with E-state index in [2.05, 4.69) is 10.3 Å². The van der Waals surface area contributed by atoms with Crippen LogP contribution in [0.3, 0.4) is 0 Å². The molecule has 0 bridgehead atoms. The van der Waals surface area contributed by atoms with Gasteiger partial charge in [0.2, 0.25) is 5.91 Å². The number of oxazole rings is 1. The molecule has 4 rings (SSSR count). The van der Waals surface area contributed by atoms with Crippen LogP contribution in [0.4, 0.5) is 5.69 Å². The maximum atomic E-state index is 12.1.